The van der Waals surface area contributed by atoms with Crippen LogP contribution >= 0.6 is 0 Å². The third kappa shape index (κ3) is 3.11. The number of oxazole rings is 1. The van der Waals surface area contributed by atoms with Gasteiger partial charge in [-0.05, 0) is 47.5 Å². The molecule has 0 bridgehead atoms. The molecule has 8 nitrogen and oxygen atoms in total. The van der Waals surface area contributed by atoms with Crippen LogP contribution in [0.2, 0.25) is 12.1 Å². The lowest BCUT2D eigenvalue weighted by Crippen LogP contribution is -2.68. The zero-order chi connectivity index (χ0) is 22.5. The van der Waals surface area contributed by atoms with Crippen molar-refractivity contribution in [3.63, 3.8) is 0 Å². The maximum atomic E-state index is 12.0. The first-order chi connectivity index (χ1) is 15.4. The van der Waals surface area contributed by atoms with Crippen LogP contribution < -0.4 is 15.4 Å². The largest absolute Gasteiger partial charge is 0.493 e. The van der Waals surface area contributed by atoms with Crippen molar-refractivity contribution in [1.82, 2.24) is 19.7 Å². The molecule has 0 N–H and O–H groups in total. The van der Waals surface area contributed by atoms with Gasteiger partial charge in [-0.2, -0.15) is 0 Å². The average Bonchev–Trinajstić information content (AvgIpc) is 3.42. The van der Waals surface area contributed by atoms with Gasteiger partial charge in [-0.3, -0.25) is 0 Å². The van der Waals surface area contributed by atoms with E-state index in [1.807, 2.05) is 19.2 Å². The molecule has 0 saturated carbocycles. The fourth-order valence-electron chi connectivity index (χ4n) is 4.86. The van der Waals surface area contributed by atoms with Crippen LogP contribution in [0, 0.1) is 5.92 Å². The minimum atomic E-state index is -1.97. The van der Waals surface area contributed by atoms with Crippen molar-refractivity contribution in [2.45, 2.75) is 19.0 Å². The summed E-state index contributed by atoms with van der Waals surface area (Å²) in [6.07, 6.45) is 1.78. The van der Waals surface area contributed by atoms with E-state index in [2.05, 4.69) is 38.8 Å². The molecule has 0 radical (unpaired) electrons. The number of rotatable bonds is 5. The second kappa shape index (κ2) is 7.59. The Kier molecular flexibility index (Phi) is 4.85. The van der Waals surface area contributed by atoms with Crippen LogP contribution in [0.25, 0.3) is 22.6 Å². The quantitative estimate of drug-likeness (QED) is 0.342. The van der Waals surface area contributed by atoms with Crippen molar-refractivity contribution in [3.05, 3.63) is 48.3 Å². The van der Waals surface area contributed by atoms with Gasteiger partial charge >= 0.3 is 5.97 Å². The molecular weight excluding hydrogens is 424 g/mol. The summed E-state index contributed by atoms with van der Waals surface area (Å²) in [4.78, 5) is 16.7. The Hall–Kier alpha value is -3.46. The first-order valence-electron chi connectivity index (χ1n) is 10.5. The van der Waals surface area contributed by atoms with E-state index in [9.17, 15) is 4.79 Å². The van der Waals surface area contributed by atoms with Gasteiger partial charge in [-0.1, -0.05) is 19.1 Å². The predicted octanol–water partition coefficient (Wildman–Crippen LogP) is 2.63. The highest BCUT2D eigenvalue weighted by atomic mass is 28.3. The molecule has 164 valence electrons. The highest BCUT2D eigenvalue weighted by Gasteiger charge is 2.50. The van der Waals surface area contributed by atoms with Crippen LogP contribution in [0.3, 0.4) is 0 Å². The number of carbonyl (C=O) groups is 1. The molecule has 3 heterocycles. The number of aryl methyl sites for hydroxylation is 1. The Morgan fingerprint density at radius 2 is 2.03 bits per heavy atom. The highest BCUT2D eigenvalue weighted by molar-refractivity contribution is 7.03. The molecule has 4 aromatic rings. The van der Waals surface area contributed by atoms with E-state index in [1.165, 1.54) is 19.4 Å². The smallest absolute Gasteiger partial charge is 0.338 e. The summed E-state index contributed by atoms with van der Waals surface area (Å²) in [6.45, 7) is 2.29. The Balaban J connectivity index is 1.60. The molecule has 1 aliphatic heterocycles. The standard InChI is InChI=1S/C23H24N4O4Si/c1-14-11-32(12-14,23-26-24-13-27(23)2)17-7-5-6-15(8-17)21-25-18-9-16(22(28)30-4)10-19(29-3)20(18)31-21/h5-10,13-14H,11-12H2,1-4H3/t14-,32+. The number of esters is 1. The van der Waals surface area contributed by atoms with Gasteiger partial charge < -0.3 is 18.5 Å². The van der Waals surface area contributed by atoms with E-state index in [4.69, 9.17) is 13.9 Å². The molecule has 0 unspecified atom stereocenters. The Bertz CT molecular complexity index is 1320. The van der Waals surface area contributed by atoms with Crippen molar-refractivity contribution in [1.29, 1.82) is 0 Å². The molecular formula is C23H24N4O4Si. The third-order valence-electron chi connectivity index (χ3n) is 6.29. The number of benzene rings is 2. The molecule has 2 aromatic heterocycles. The molecule has 0 amide bonds. The first kappa shape index (κ1) is 20.4. The van der Waals surface area contributed by atoms with Gasteiger partial charge in [0.15, 0.2) is 19.4 Å². The molecule has 32 heavy (non-hydrogen) atoms. The van der Waals surface area contributed by atoms with Gasteiger partial charge in [0.1, 0.15) is 17.3 Å². The fourth-order valence-corrected chi connectivity index (χ4v) is 10.0. The maximum Gasteiger partial charge on any atom is 0.338 e. The summed E-state index contributed by atoms with van der Waals surface area (Å²) in [5.41, 5.74) is 3.40. The molecule has 0 atom stereocenters. The molecule has 9 heteroatoms. The van der Waals surface area contributed by atoms with Gasteiger partial charge in [-0.25, -0.2) is 9.78 Å². The number of carbonyl (C=O) groups excluding carboxylic acids is 1. The second-order valence-electron chi connectivity index (χ2n) is 8.48. The van der Waals surface area contributed by atoms with Gasteiger partial charge in [0, 0.05) is 12.6 Å². The number of aromatic nitrogens is 4. The van der Waals surface area contributed by atoms with Crippen LogP contribution in [0.15, 0.2) is 47.1 Å². The number of ether oxygens (including phenoxy) is 2. The SMILES string of the molecule is COC(=O)c1cc(OC)c2oc(-c3cccc([Si@]4(c5nncn5C)C[C@@H](C)C4)c3)nc2c1. The minimum absolute atomic E-state index is 0.363. The molecule has 0 aliphatic carbocycles. The summed E-state index contributed by atoms with van der Waals surface area (Å²) in [5, 5.41) is 9.93. The van der Waals surface area contributed by atoms with E-state index in [-0.39, 0.29) is 0 Å². The zero-order valence-electron chi connectivity index (χ0n) is 18.5. The van der Waals surface area contributed by atoms with E-state index in [0.717, 1.165) is 23.1 Å². The molecule has 1 saturated heterocycles. The summed E-state index contributed by atoms with van der Waals surface area (Å²) < 4.78 is 18.4. The van der Waals surface area contributed by atoms with Crippen molar-refractivity contribution in [2.24, 2.45) is 13.0 Å². The van der Waals surface area contributed by atoms with Crippen LogP contribution in [0.5, 0.6) is 5.75 Å². The highest BCUT2D eigenvalue weighted by Crippen LogP contribution is 2.38. The third-order valence-corrected chi connectivity index (χ3v) is 11.8. The lowest BCUT2D eigenvalue weighted by Gasteiger charge is -2.43. The first-order valence-corrected chi connectivity index (χ1v) is 12.9. The fraction of sp³-hybridized carbons (Fsp3) is 0.304. The van der Waals surface area contributed by atoms with Gasteiger partial charge in [-0.15, -0.1) is 10.2 Å². The number of fused-ring (bicyclic) bond motifs is 1. The molecule has 1 aliphatic rings. The summed E-state index contributed by atoms with van der Waals surface area (Å²) >= 11 is 0. The predicted molar refractivity (Wildman–Crippen MR) is 122 cm³/mol. The molecule has 0 spiro atoms. The zero-order valence-corrected chi connectivity index (χ0v) is 19.5. The lowest BCUT2D eigenvalue weighted by atomic mass is 10.2. The Labute approximate surface area is 186 Å². The normalized spacial score (nSPS) is 20.2. The van der Waals surface area contributed by atoms with E-state index >= 15 is 0 Å². The topological polar surface area (TPSA) is 92.3 Å². The number of hydrogen-bond donors (Lipinski definition) is 0. The van der Waals surface area contributed by atoms with Crippen molar-refractivity contribution < 1.29 is 18.7 Å². The van der Waals surface area contributed by atoms with Gasteiger partial charge in [0.05, 0.1) is 19.8 Å². The van der Waals surface area contributed by atoms with Crippen molar-refractivity contribution >= 4 is 35.8 Å². The average molecular weight is 449 g/mol. The van der Waals surface area contributed by atoms with Crippen LogP contribution in [-0.2, 0) is 11.8 Å². The monoisotopic (exact) mass is 448 g/mol. The maximum absolute atomic E-state index is 12.0. The van der Waals surface area contributed by atoms with Crippen molar-refractivity contribution in [3.8, 4) is 17.2 Å². The van der Waals surface area contributed by atoms with E-state index < -0.39 is 14.0 Å². The summed E-state index contributed by atoms with van der Waals surface area (Å²) in [5.74, 6) is 1.15. The molecule has 2 aromatic carbocycles. The number of hydrogen-bond acceptors (Lipinski definition) is 7. The summed E-state index contributed by atoms with van der Waals surface area (Å²) in [6, 6.07) is 13.9. The number of methoxy groups -OCH3 is 2. The Morgan fingerprint density at radius 3 is 2.69 bits per heavy atom. The second-order valence-corrected chi connectivity index (χ2v) is 12.5. The van der Waals surface area contributed by atoms with Crippen LogP contribution in [-0.4, -0.2) is 48.0 Å². The molecule has 1 fully saturated rings. The van der Waals surface area contributed by atoms with Gasteiger partial charge in [0.2, 0.25) is 5.89 Å². The minimum Gasteiger partial charge on any atom is -0.493 e. The number of nitrogens with zero attached hydrogens (tertiary/aromatic N) is 4. The van der Waals surface area contributed by atoms with E-state index in [0.29, 0.717) is 34.2 Å². The Morgan fingerprint density at radius 1 is 1.22 bits per heavy atom. The molecule has 5 rings (SSSR count). The van der Waals surface area contributed by atoms with Crippen molar-refractivity contribution in [2.75, 3.05) is 14.2 Å². The van der Waals surface area contributed by atoms with E-state index in [1.54, 1.807) is 18.5 Å². The lowest BCUT2D eigenvalue weighted by molar-refractivity contribution is 0.0600. The van der Waals surface area contributed by atoms with Crippen LogP contribution in [0.4, 0.5) is 0 Å². The van der Waals surface area contributed by atoms with Crippen LogP contribution in [0.1, 0.15) is 17.3 Å². The van der Waals surface area contributed by atoms with Gasteiger partial charge in [0.25, 0.3) is 0 Å². The summed E-state index contributed by atoms with van der Waals surface area (Å²) in [7, 11) is 2.93.